The molecule has 0 amide bonds. The fraction of sp³-hybridized carbons (Fsp3) is 0.310. The number of hydrogen-bond donors (Lipinski definition) is 0. The van der Waals surface area contributed by atoms with Gasteiger partial charge in [-0.05, 0) is 96.9 Å². The zero-order valence-electron chi connectivity index (χ0n) is 21.7. The third-order valence-corrected chi connectivity index (χ3v) is 7.36. The summed E-state index contributed by atoms with van der Waals surface area (Å²) in [6, 6.07) is 11.8. The highest BCUT2D eigenvalue weighted by Gasteiger charge is 2.26. The van der Waals surface area contributed by atoms with Crippen molar-refractivity contribution in [3.8, 4) is 11.5 Å². The number of carbonyl (C=O) groups excluding carboxylic acids is 2. The zero-order valence-corrected chi connectivity index (χ0v) is 23.3. The van der Waals surface area contributed by atoms with E-state index >= 15 is 0 Å². The molecule has 3 aromatic rings. The molecule has 0 bridgehead atoms. The topological polar surface area (TPSA) is 71.1 Å². The van der Waals surface area contributed by atoms with Crippen LogP contribution in [0.1, 0.15) is 59.7 Å². The number of halogens is 1. The number of rotatable bonds is 8. The Labute approximate surface area is 220 Å². The number of benzene rings is 3. The van der Waals surface area contributed by atoms with Gasteiger partial charge in [0.15, 0.2) is 6.79 Å². The molecule has 0 spiro atoms. The number of hydrogen-bond acceptors (Lipinski definition) is 6. The lowest BCUT2D eigenvalue weighted by molar-refractivity contribution is -0.0126. The Kier molecular flexibility index (Phi) is 8.93. The summed E-state index contributed by atoms with van der Waals surface area (Å²) in [6.07, 6.45) is 0. The first-order chi connectivity index (χ1) is 17.1. The van der Waals surface area contributed by atoms with Crippen molar-refractivity contribution in [1.82, 2.24) is 0 Å². The zero-order chi connectivity index (χ0) is 26.6. The molecule has 0 unspecified atom stereocenters. The molecule has 0 aromatic heterocycles. The van der Waals surface area contributed by atoms with Crippen LogP contribution in [0, 0.1) is 41.5 Å². The van der Waals surface area contributed by atoms with Crippen LogP contribution < -0.4 is 9.47 Å². The Hall–Kier alpha value is -3.16. The van der Waals surface area contributed by atoms with Crippen LogP contribution in [0.4, 0.5) is 0 Å². The van der Waals surface area contributed by atoms with Crippen LogP contribution in [0.5, 0.6) is 11.5 Å². The van der Waals surface area contributed by atoms with Crippen LogP contribution >= 0.6 is 15.9 Å². The van der Waals surface area contributed by atoms with Crippen LogP contribution in [0.2, 0.25) is 0 Å². The van der Waals surface area contributed by atoms with Gasteiger partial charge in [-0.2, -0.15) is 0 Å². The second kappa shape index (κ2) is 11.7. The summed E-state index contributed by atoms with van der Waals surface area (Å²) in [6.45, 7) is 11.4. The number of aryl methyl sites for hydroxylation is 1. The summed E-state index contributed by atoms with van der Waals surface area (Å²) < 4.78 is 22.5. The summed E-state index contributed by atoms with van der Waals surface area (Å²) in [5.74, 6) is 0.164. The van der Waals surface area contributed by atoms with Crippen molar-refractivity contribution >= 4 is 27.9 Å². The maximum absolute atomic E-state index is 13.4. The first-order valence-corrected chi connectivity index (χ1v) is 12.3. The van der Waals surface area contributed by atoms with Gasteiger partial charge < -0.3 is 18.9 Å². The van der Waals surface area contributed by atoms with Gasteiger partial charge in [-0.15, -0.1) is 0 Å². The first-order valence-electron chi connectivity index (χ1n) is 11.5. The normalized spacial score (nSPS) is 10.8. The first kappa shape index (κ1) is 27.4. The van der Waals surface area contributed by atoms with Gasteiger partial charge in [0.05, 0.1) is 11.1 Å². The summed E-state index contributed by atoms with van der Waals surface area (Å²) >= 11 is 3.49. The van der Waals surface area contributed by atoms with E-state index in [1.165, 1.54) is 7.11 Å². The van der Waals surface area contributed by atoms with Gasteiger partial charge in [-0.25, -0.2) is 9.59 Å². The fourth-order valence-electron chi connectivity index (χ4n) is 4.06. The highest BCUT2D eigenvalue weighted by Crippen LogP contribution is 2.38. The molecule has 3 aromatic carbocycles. The third kappa shape index (κ3) is 5.63. The van der Waals surface area contributed by atoms with Crippen molar-refractivity contribution in [3.63, 3.8) is 0 Å². The van der Waals surface area contributed by atoms with Crippen LogP contribution in [0.15, 0.2) is 40.9 Å². The standard InChI is InChI=1S/C29H31BrO6/c1-16-13-23(34-14-22-11-9-8-10-12-22)17(2)18(3)24(16)29(32)36-27-20(5)19(4)25(26(30)21(27)6)28(31)35-15-33-7/h8-13H,14-15H2,1-7H3. The highest BCUT2D eigenvalue weighted by atomic mass is 79.9. The van der Waals surface area contributed by atoms with E-state index in [1.807, 2.05) is 64.1 Å². The van der Waals surface area contributed by atoms with Crippen molar-refractivity contribution in [2.24, 2.45) is 0 Å². The number of carbonyl (C=O) groups is 2. The van der Waals surface area contributed by atoms with E-state index in [0.29, 0.717) is 44.6 Å². The van der Waals surface area contributed by atoms with Crippen molar-refractivity contribution in [1.29, 1.82) is 0 Å². The Bertz CT molecular complexity index is 1270. The minimum Gasteiger partial charge on any atom is -0.489 e. The van der Waals surface area contributed by atoms with Crippen molar-refractivity contribution < 1.29 is 28.5 Å². The predicted molar refractivity (Wildman–Crippen MR) is 142 cm³/mol. The van der Waals surface area contributed by atoms with Crippen molar-refractivity contribution in [2.45, 2.75) is 48.1 Å². The molecule has 190 valence electrons. The molecular formula is C29H31BrO6. The van der Waals surface area contributed by atoms with Crippen molar-refractivity contribution in [3.05, 3.63) is 90.9 Å². The predicted octanol–water partition coefficient (Wildman–Crippen LogP) is 6.86. The van der Waals surface area contributed by atoms with Crippen LogP contribution in [-0.4, -0.2) is 25.8 Å². The third-order valence-electron chi connectivity index (χ3n) is 6.36. The number of methoxy groups -OCH3 is 1. The molecule has 0 aliphatic rings. The average Bonchev–Trinajstić information content (AvgIpc) is 2.86. The second-order valence-corrected chi connectivity index (χ2v) is 9.50. The van der Waals surface area contributed by atoms with Gasteiger partial charge in [0.1, 0.15) is 18.1 Å². The van der Waals surface area contributed by atoms with Gasteiger partial charge in [-0.3, -0.25) is 0 Å². The molecule has 7 heteroatoms. The molecule has 3 rings (SSSR count). The van der Waals surface area contributed by atoms with E-state index < -0.39 is 11.9 Å². The smallest absolute Gasteiger partial charge is 0.344 e. The van der Waals surface area contributed by atoms with Gasteiger partial charge in [0.25, 0.3) is 0 Å². The monoisotopic (exact) mass is 554 g/mol. The molecule has 0 heterocycles. The van der Waals surface area contributed by atoms with Gasteiger partial charge in [0, 0.05) is 17.1 Å². The number of ether oxygens (including phenoxy) is 4. The van der Waals surface area contributed by atoms with E-state index in [4.69, 9.17) is 18.9 Å². The van der Waals surface area contributed by atoms with E-state index in [9.17, 15) is 9.59 Å². The largest absolute Gasteiger partial charge is 0.489 e. The van der Waals surface area contributed by atoms with Crippen molar-refractivity contribution in [2.75, 3.05) is 13.9 Å². The molecule has 0 radical (unpaired) electrons. The van der Waals surface area contributed by atoms with E-state index in [-0.39, 0.29) is 6.79 Å². The lowest BCUT2D eigenvalue weighted by atomic mass is 9.96. The van der Waals surface area contributed by atoms with Crippen LogP contribution in [0.3, 0.4) is 0 Å². The van der Waals surface area contributed by atoms with Gasteiger partial charge in [0.2, 0.25) is 0 Å². The summed E-state index contributed by atoms with van der Waals surface area (Å²) in [4.78, 5) is 26.0. The van der Waals surface area contributed by atoms with E-state index in [0.717, 1.165) is 28.0 Å². The fourth-order valence-corrected chi connectivity index (χ4v) is 4.70. The Morgan fingerprint density at radius 2 is 1.44 bits per heavy atom. The molecule has 6 nitrogen and oxygen atoms in total. The van der Waals surface area contributed by atoms with E-state index in [1.54, 1.807) is 13.8 Å². The second-order valence-electron chi connectivity index (χ2n) is 8.71. The molecule has 0 aliphatic heterocycles. The minimum absolute atomic E-state index is 0.150. The SMILES string of the molecule is COCOC(=O)c1c(C)c(C)c(OC(=O)c2c(C)cc(OCc3ccccc3)c(C)c2C)c(C)c1Br. The number of esters is 2. The molecule has 36 heavy (non-hydrogen) atoms. The maximum atomic E-state index is 13.4. The Morgan fingerprint density at radius 1 is 0.806 bits per heavy atom. The molecule has 0 saturated carbocycles. The molecule has 0 N–H and O–H groups in total. The Balaban J connectivity index is 1.91. The Morgan fingerprint density at radius 3 is 2.08 bits per heavy atom. The molecule has 0 fully saturated rings. The summed E-state index contributed by atoms with van der Waals surface area (Å²) in [7, 11) is 1.45. The summed E-state index contributed by atoms with van der Waals surface area (Å²) in [5.41, 5.74) is 6.36. The van der Waals surface area contributed by atoms with Gasteiger partial charge in [-0.1, -0.05) is 30.3 Å². The van der Waals surface area contributed by atoms with E-state index in [2.05, 4.69) is 15.9 Å². The lowest BCUT2D eigenvalue weighted by Crippen LogP contribution is -2.17. The quantitative estimate of drug-likeness (QED) is 0.172. The van der Waals surface area contributed by atoms with Crippen LogP contribution in [-0.2, 0) is 16.1 Å². The molecule has 0 aliphatic carbocycles. The van der Waals surface area contributed by atoms with Gasteiger partial charge >= 0.3 is 11.9 Å². The minimum atomic E-state index is -0.515. The average molecular weight is 555 g/mol. The molecular weight excluding hydrogens is 524 g/mol. The summed E-state index contributed by atoms with van der Waals surface area (Å²) in [5, 5.41) is 0. The molecule has 0 atom stereocenters. The lowest BCUT2D eigenvalue weighted by Gasteiger charge is -2.20. The molecule has 0 saturated heterocycles. The maximum Gasteiger partial charge on any atom is 0.344 e. The van der Waals surface area contributed by atoms with Crippen LogP contribution in [0.25, 0.3) is 0 Å². The highest BCUT2D eigenvalue weighted by molar-refractivity contribution is 9.10.